The first-order valence-corrected chi connectivity index (χ1v) is 13.7. The number of anilines is 1. The number of ether oxygens (including phenoxy) is 2. The number of hydrogen-bond acceptors (Lipinski definition) is 10. The van der Waals surface area contributed by atoms with Gasteiger partial charge in [-0.2, -0.15) is 4.98 Å². The summed E-state index contributed by atoms with van der Waals surface area (Å²) < 4.78 is 66.4. The molecule has 0 amide bonds. The molecule has 210 valence electrons. The molecule has 3 N–H and O–H groups in total. The number of carbonyl (C=O) groups is 1. The number of hydrogen-bond donors (Lipinski definition) is 2. The Balaban J connectivity index is 1.88. The highest BCUT2D eigenvalue weighted by atomic mass is 31.2. The molecule has 1 unspecified atom stereocenters. The summed E-state index contributed by atoms with van der Waals surface area (Å²) >= 11 is 0. The van der Waals surface area contributed by atoms with Crippen LogP contribution in [0.3, 0.4) is 0 Å². The number of aliphatic hydroxyl groups excluding tert-OH is 1. The van der Waals surface area contributed by atoms with Crippen molar-refractivity contribution in [2.75, 3.05) is 18.6 Å². The van der Waals surface area contributed by atoms with Gasteiger partial charge < -0.3 is 24.8 Å². The van der Waals surface area contributed by atoms with Gasteiger partial charge >= 0.3 is 19.3 Å². The minimum atomic E-state index is -4.19. The minimum Gasteiger partial charge on any atom is -0.463 e. The number of nitrogens with zero attached hydrogens (tertiary/aromatic N) is 2. The summed E-state index contributed by atoms with van der Waals surface area (Å²) in [5.74, 6) is -1.54. The van der Waals surface area contributed by atoms with Crippen LogP contribution in [-0.4, -0.2) is 63.5 Å². The second-order valence-electron chi connectivity index (χ2n) is 9.40. The fourth-order valence-corrected chi connectivity index (χ4v) is 6.08. The SMILES string of the molecule is CC(C)OC(=O)[C@H](C)C[P@@](=O)(Oc1ccccc1)O[C@@H](C)[C@H]1O[C@@H](n2ccc(N)nc2=O)C(F)(CF)[C@H]1O. The lowest BCUT2D eigenvalue weighted by Gasteiger charge is -2.29. The summed E-state index contributed by atoms with van der Waals surface area (Å²) in [6, 6.07) is 9.19. The number of nitrogen functional groups attached to an aromatic ring is 1. The van der Waals surface area contributed by atoms with Crippen LogP contribution in [0, 0.1) is 5.92 Å². The van der Waals surface area contributed by atoms with E-state index < -0.39 is 74.3 Å². The number of aromatic nitrogens is 2. The van der Waals surface area contributed by atoms with E-state index in [0.29, 0.717) is 4.57 Å². The number of carbonyl (C=O) groups excluding carboxylic acids is 1. The van der Waals surface area contributed by atoms with Crippen molar-refractivity contribution in [3.8, 4) is 5.75 Å². The van der Waals surface area contributed by atoms with Crippen molar-refractivity contribution >= 4 is 19.4 Å². The fraction of sp³-hybridized carbons (Fsp3) is 0.542. The van der Waals surface area contributed by atoms with E-state index >= 15 is 4.39 Å². The maximum atomic E-state index is 15.7. The van der Waals surface area contributed by atoms with Gasteiger partial charge in [0.1, 0.15) is 30.4 Å². The molecular formula is C24H32F2N3O8P. The van der Waals surface area contributed by atoms with Crippen molar-refractivity contribution in [3.63, 3.8) is 0 Å². The van der Waals surface area contributed by atoms with Gasteiger partial charge in [-0.15, -0.1) is 0 Å². The number of halogens is 2. The molecule has 1 aliphatic heterocycles. The molecule has 0 saturated carbocycles. The van der Waals surface area contributed by atoms with Crippen molar-refractivity contribution in [1.82, 2.24) is 9.55 Å². The molecule has 0 aliphatic carbocycles. The highest BCUT2D eigenvalue weighted by molar-refractivity contribution is 7.54. The maximum absolute atomic E-state index is 15.7. The smallest absolute Gasteiger partial charge is 0.380 e. The standard InChI is InChI=1S/C24H32F2N3O8P/c1-14(2)34-21(31)15(3)12-38(33,37-17-8-6-5-7-9-17)36-16(4)19-20(30)24(26,13-25)22(35-19)29-11-10-18(27)28-23(29)32/h5-11,14-16,19-20,22,30H,12-13H2,1-4H3,(H2,27,28,32)/t15-,16+,19-,20+,22-,24?,38+/m1/s1. The van der Waals surface area contributed by atoms with E-state index in [1.165, 1.54) is 32.0 Å². The monoisotopic (exact) mass is 559 g/mol. The van der Waals surface area contributed by atoms with E-state index in [9.17, 15) is 23.7 Å². The van der Waals surface area contributed by atoms with Gasteiger partial charge in [-0.1, -0.05) is 25.1 Å². The maximum Gasteiger partial charge on any atom is 0.380 e. The zero-order valence-corrected chi connectivity index (χ0v) is 22.3. The Hall–Kier alpha value is -2.86. The molecule has 2 aromatic rings. The molecule has 38 heavy (non-hydrogen) atoms. The third-order valence-electron chi connectivity index (χ3n) is 5.84. The Morgan fingerprint density at radius 1 is 1.26 bits per heavy atom. The number of alkyl halides is 2. The van der Waals surface area contributed by atoms with Crippen molar-refractivity contribution in [1.29, 1.82) is 0 Å². The molecule has 14 heteroatoms. The highest BCUT2D eigenvalue weighted by Crippen LogP contribution is 2.53. The number of aliphatic hydroxyl groups is 1. The zero-order valence-electron chi connectivity index (χ0n) is 21.4. The molecule has 0 radical (unpaired) electrons. The fourth-order valence-electron chi connectivity index (χ4n) is 3.98. The Morgan fingerprint density at radius 3 is 2.50 bits per heavy atom. The van der Waals surface area contributed by atoms with Crippen LogP contribution in [0.2, 0.25) is 0 Å². The molecule has 1 saturated heterocycles. The largest absolute Gasteiger partial charge is 0.463 e. The quantitative estimate of drug-likeness (QED) is 0.310. The summed E-state index contributed by atoms with van der Waals surface area (Å²) in [4.78, 5) is 28.2. The molecule has 1 aliphatic rings. The molecule has 2 heterocycles. The molecule has 11 nitrogen and oxygen atoms in total. The Morgan fingerprint density at radius 2 is 1.92 bits per heavy atom. The van der Waals surface area contributed by atoms with E-state index in [1.807, 2.05) is 0 Å². The summed E-state index contributed by atoms with van der Waals surface area (Å²) in [6.07, 6.45) is -6.77. The number of para-hydroxylation sites is 1. The van der Waals surface area contributed by atoms with Crippen molar-refractivity contribution in [3.05, 3.63) is 53.1 Å². The van der Waals surface area contributed by atoms with Crippen LogP contribution in [0.5, 0.6) is 5.75 Å². The van der Waals surface area contributed by atoms with Crippen molar-refractivity contribution in [2.24, 2.45) is 5.92 Å². The topological polar surface area (TPSA) is 152 Å². The van der Waals surface area contributed by atoms with Crippen LogP contribution in [0.4, 0.5) is 14.6 Å². The van der Waals surface area contributed by atoms with Crippen LogP contribution in [0.15, 0.2) is 47.4 Å². The minimum absolute atomic E-state index is 0.146. The van der Waals surface area contributed by atoms with E-state index in [2.05, 4.69) is 4.98 Å². The van der Waals surface area contributed by atoms with Crippen LogP contribution in [-0.2, 0) is 23.4 Å². The molecule has 0 bridgehead atoms. The number of rotatable bonds is 11. The third-order valence-corrected chi connectivity index (χ3v) is 7.98. The molecule has 1 fully saturated rings. The lowest BCUT2D eigenvalue weighted by Crippen LogP contribution is -2.48. The van der Waals surface area contributed by atoms with Gasteiger partial charge in [0.2, 0.25) is 5.67 Å². The van der Waals surface area contributed by atoms with Gasteiger partial charge in [0.15, 0.2) is 6.23 Å². The molecule has 3 rings (SSSR count). The summed E-state index contributed by atoms with van der Waals surface area (Å²) in [6.45, 7) is 4.40. The lowest BCUT2D eigenvalue weighted by molar-refractivity contribution is -0.151. The molecule has 1 aromatic carbocycles. The first-order valence-electron chi connectivity index (χ1n) is 12.0. The van der Waals surface area contributed by atoms with Gasteiger partial charge in [0.05, 0.1) is 24.3 Å². The van der Waals surface area contributed by atoms with Crippen LogP contribution < -0.4 is 15.9 Å². The van der Waals surface area contributed by atoms with Crippen LogP contribution >= 0.6 is 7.60 Å². The van der Waals surface area contributed by atoms with E-state index in [1.54, 1.807) is 32.0 Å². The third kappa shape index (κ3) is 6.58. The van der Waals surface area contributed by atoms with E-state index in [0.717, 1.165) is 6.20 Å². The lowest BCUT2D eigenvalue weighted by atomic mass is 9.95. The summed E-state index contributed by atoms with van der Waals surface area (Å²) in [5, 5.41) is 10.7. The van der Waals surface area contributed by atoms with Crippen LogP contribution in [0.25, 0.3) is 0 Å². The first-order chi connectivity index (χ1) is 17.8. The molecule has 7 atom stereocenters. The number of esters is 1. The van der Waals surface area contributed by atoms with Crippen molar-refractivity contribution in [2.45, 2.75) is 64.0 Å². The van der Waals surface area contributed by atoms with Gasteiger partial charge in [0.25, 0.3) is 0 Å². The summed E-state index contributed by atoms with van der Waals surface area (Å²) in [7, 11) is -4.19. The second kappa shape index (κ2) is 11.9. The second-order valence-corrected chi connectivity index (χ2v) is 11.4. The predicted molar refractivity (Wildman–Crippen MR) is 133 cm³/mol. The highest BCUT2D eigenvalue weighted by Gasteiger charge is 2.61. The van der Waals surface area contributed by atoms with Gasteiger partial charge in [-0.3, -0.25) is 13.9 Å². The first kappa shape index (κ1) is 29.7. The average Bonchev–Trinajstić information content (AvgIpc) is 3.10. The Kier molecular flexibility index (Phi) is 9.30. The van der Waals surface area contributed by atoms with Crippen molar-refractivity contribution < 1.29 is 41.8 Å². The van der Waals surface area contributed by atoms with Gasteiger partial charge in [0, 0.05) is 6.20 Å². The Labute approximate surface area is 218 Å². The van der Waals surface area contributed by atoms with Gasteiger partial charge in [-0.05, 0) is 39.0 Å². The average molecular weight is 560 g/mol. The zero-order chi connectivity index (χ0) is 28.3. The normalized spacial score (nSPS) is 26.5. The van der Waals surface area contributed by atoms with E-state index in [-0.39, 0.29) is 11.6 Å². The van der Waals surface area contributed by atoms with Crippen LogP contribution in [0.1, 0.15) is 33.9 Å². The predicted octanol–water partition coefficient (Wildman–Crippen LogP) is 3.03. The van der Waals surface area contributed by atoms with Gasteiger partial charge in [-0.25, -0.2) is 18.1 Å². The molecular weight excluding hydrogens is 527 g/mol. The Bertz CT molecular complexity index is 1220. The molecule has 0 spiro atoms. The van der Waals surface area contributed by atoms with E-state index in [4.69, 9.17) is 24.3 Å². The molecule has 1 aromatic heterocycles. The number of benzene rings is 1. The summed E-state index contributed by atoms with van der Waals surface area (Å²) in [5.41, 5.74) is 1.38. The number of nitrogens with two attached hydrogens (primary N) is 1.